The molecule has 26 heavy (non-hydrogen) atoms. The number of carbonyl (C=O) groups excluding carboxylic acids is 2. The predicted molar refractivity (Wildman–Crippen MR) is 102 cm³/mol. The van der Waals surface area contributed by atoms with Crippen molar-refractivity contribution in [1.82, 2.24) is 15.2 Å². The van der Waals surface area contributed by atoms with E-state index < -0.39 is 0 Å². The van der Waals surface area contributed by atoms with Gasteiger partial charge in [0.15, 0.2) is 0 Å². The maximum atomic E-state index is 13.2. The van der Waals surface area contributed by atoms with Crippen molar-refractivity contribution in [2.75, 3.05) is 13.1 Å². The van der Waals surface area contributed by atoms with Gasteiger partial charge in [0.1, 0.15) is 5.69 Å². The number of pyridine rings is 1. The van der Waals surface area contributed by atoms with Gasteiger partial charge in [-0.05, 0) is 17.0 Å². The smallest absolute Gasteiger partial charge is 0.273 e. The normalized spacial score (nSPS) is 10.5. The zero-order valence-corrected chi connectivity index (χ0v) is 14.7. The molecule has 0 radical (unpaired) electrons. The topological polar surface area (TPSA) is 62.3 Å². The van der Waals surface area contributed by atoms with Crippen molar-refractivity contribution in [1.29, 1.82) is 0 Å². The van der Waals surface area contributed by atoms with Gasteiger partial charge in [-0.1, -0.05) is 54.6 Å². The van der Waals surface area contributed by atoms with Crippen LogP contribution in [0.2, 0.25) is 0 Å². The molecule has 0 unspecified atom stereocenters. The Morgan fingerprint density at radius 1 is 1.00 bits per heavy atom. The molecule has 2 aromatic carbocycles. The summed E-state index contributed by atoms with van der Waals surface area (Å²) >= 11 is 0. The first kappa shape index (κ1) is 17.6. The standard InChI is InChI=1S/C21H21N3O2/c1-16(25)22-13-14-24(15-17-7-3-2-4-8-17)21(26)20-19-10-6-5-9-18(19)11-12-23-20/h2-12H,13-15H2,1H3,(H,22,25). The summed E-state index contributed by atoms with van der Waals surface area (Å²) < 4.78 is 0. The van der Waals surface area contributed by atoms with Crippen molar-refractivity contribution in [3.63, 3.8) is 0 Å². The summed E-state index contributed by atoms with van der Waals surface area (Å²) in [6, 6.07) is 19.4. The molecule has 5 heteroatoms. The predicted octanol–water partition coefficient (Wildman–Crippen LogP) is 3.01. The van der Waals surface area contributed by atoms with Gasteiger partial charge in [0.05, 0.1) is 0 Å². The number of amides is 2. The van der Waals surface area contributed by atoms with E-state index in [2.05, 4.69) is 10.3 Å². The lowest BCUT2D eigenvalue weighted by molar-refractivity contribution is -0.119. The van der Waals surface area contributed by atoms with E-state index in [-0.39, 0.29) is 11.8 Å². The van der Waals surface area contributed by atoms with Crippen LogP contribution in [-0.2, 0) is 11.3 Å². The number of rotatable bonds is 6. The zero-order valence-electron chi connectivity index (χ0n) is 14.7. The first-order valence-corrected chi connectivity index (χ1v) is 8.56. The Bertz CT molecular complexity index is 904. The monoisotopic (exact) mass is 347 g/mol. The van der Waals surface area contributed by atoms with Gasteiger partial charge in [-0.25, -0.2) is 0 Å². The summed E-state index contributed by atoms with van der Waals surface area (Å²) in [6.45, 7) is 2.75. The summed E-state index contributed by atoms with van der Waals surface area (Å²) in [5.41, 5.74) is 1.46. The zero-order chi connectivity index (χ0) is 18.4. The molecular formula is C21H21N3O2. The van der Waals surface area contributed by atoms with Gasteiger partial charge in [-0.2, -0.15) is 0 Å². The fourth-order valence-corrected chi connectivity index (χ4v) is 2.86. The Labute approximate surface area is 152 Å². The van der Waals surface area contributed by atoms with Crippen LogP contribution in [-0.4, -0.2) is 34.8 Å². The van der Waals surface area contributed by atoms with Crippen LogP contribution in [0.25, 0.3) is 10.8 Å². The van der Waals surface area contributed by atoms with Gasteiger partial charge in [0.25, 0.3) is 5.91 Å². The van der Waals surface area contributed by atoms with E-state index in [1.807, 2.05) is 60.7 Å². The highest BCUT2D eigenvalue weighted by molar-refractivity contribution is 6.05. The van der Waals surface area contributed by atoms with Crippen molar-refractivity contribution < 1.29 is 9.59 Å². The molecule has 0 spiro atoms. The second-order valence-corrected chi connectivity index (χ2v) is 6.08. The summed E-state index contributed by atoms with van der Waals surface area (Å²) in [4.78, 5) is 30.4. The number of aromatic nitrogens is 1. The highest BCUT2D eigenvalue weighted by Crippen LogP contribution is 2.18. The molecule has 0 saturated carbocycles. The van der Waals surface area contributed by atoms with Crippen molar-refractivity contribution in [2.45, 2.75) is 13.5 Å². The quantitative estimate of drug-likeness (QED) is 0.745. The maximum absolute atomic E-state index is 13.2. The molecule has 0 atom stereocenters. The van der Waals surface area contributed by atoms with Crippen LogP contribution in [0.1, 0.15) is 23.0 Å². The Hall–Kier alpha value is -3.21. The summed E-state index contributed by atoms with van der Waals surface area (Å²) in [6.07, 6.45) is 1.66. The van der Waals surface area contributed by atoms with E-state index >= 15 is 0 Å². The number of nitrogens with one attached hydrogen (secondary N) is 1. The van der Waals surface area contributed by atoms with Gasteiger partial charge in [-0.15, -0.1) is 0 Å². The van der Waals surface area contributed by atoms with E-state index in [0.717, 1.165) is 16.3 Å². The van der Waals surface area contributed by atoms with E-state index in [1.54, 1.807) is 11.1 Å². The molecule has 0 aliphatic heterocycles. The largest absolute Gasteiger partial charge is 0.355 e. The fourth-order valence-electron chi connectivity index (χ4n) is 2.86. The number of hydrogen-bond donors (Lipinski definition) is 1. The van der Waals surface area contributed by atoms with Crippen molar-refractivity contribution in [3.8, 4) is 0 Å². The molecular weight excluding hydrogens is 326 g/mol. The van der Waals surface area contributed by atoms with Crippen LogP contribution < -0.4 is 5.32 Å². The highest BCUT2D eigenvalue weighted by Gasteiger charge is 2.19. The number of fused-ring (bicyclic) bond motifs is 1. The number of hydrogen-bond acceptors (Lipinski definition) is 3. The van der Waals surface area contributed by atoms with E-state index in [4.69, 9.17) is 0 Å². The van der Waals surface area contributed by atoms with Gasteiger partial charge in [0, 0.05) is 38.1 Å². The van der Waals surface area contributed by atoms with Crippen molar-refractivity contribution >= 4 is 22.6 Å². The highest BCUT2D eigenvalue weighted by atomic mass is 16.2. The van der Waals surface area contributed by atoms with E-state index in [0.29, 0.717) is 25.3 Å². The number of nitrogens with zero attached hydrogens (tertiary/aromatic N) is 2. The minimum Gasteiger partial charge on any atom is -0.355 e. The summed E-state index contributed by atoms with van der Waals surface area (Å²) in [5, 5.41) is 4.56. The fraction of sp³-hybridized carbons (Fsp3) is 0.190. The van der Waals surface area contributed by atoms with Gasteiger partial charge >= 0.3 is 0 Å². The molecule has 3 rings (SSSR count). The lowest BCUT2D eigenvalue weighted by Crippen LogP contribution is -2.38. The lowest BCUT2D eigenvalue weighted by Gasteiger charge is -2.23. The van der Waals surface area contributed by atoms with Crippen LogP contribution in [0.4, 0.5) is 0 Å². The van der Waals surface area contributed by atoms with Gasteiger partial charge < -0.3 is 10.2 Å². The molecule has 0 bridgehead atoms. The molecule has 0 saturated heterocycles. The average molecular weight is 347 g/mol. The summed E-state index contributed by atoms with van der Waals surface area (Å²) in [7, 11) is 0. The maximum Gasteiger partial charge on any atom is 0.273 e. The molecule has 132 valence electrons. The summed E-state index contributed by atoms with van der Waals surface area (Å²) in [5.74, 6) is -0.253. The molecule has 0 aliphatic carbocycles. The van der Waals surface area contributed by atoms with Crippen molar-refractivity contribution in [3.05, 3.63) is 78.1 Å². The third kappa shape index (κ3) is 4.25. The first-order valence-electron chi connectivity index (χ1n) is 8.56. The molecule has 2 amide bonds. The van der Waals surface area contributed by atoms with Crippen LogP contribution in [0.3, 0.4) is 0 Å². The average Bonchev–Trinajstić information content (AvgIpc) is 2.67. The van der Waals surface area contributed by atoms with Crippen LogP contribution >= 0.6 is 0 Å². The van der Waals surface area contributed by atoms with Crippen LogP contribution in [0.15, 0.2) is 66.9 Å². The molecule has 0 aliphatic rings. The Morgan fingerprint density at radius 2 is 1.73 bits per heavy atom. The molecule has 5 nitrogen and oxygen atoms in total. The molecule has 1 aromatic heterocycles. The first-order chi connectivity index (χ1) is 12.6. The van der Waals surface area contributed by atoms with E-state index in [9.17, 15) is 9.59 Å². The third-order valence-electron chi connectivity index (χ3n) is 4.14. The molecule has 1 heterocycles. The minimum atomic E-state index is -0.143. The molecule has 1 N–H and O–H groups in total. The van der Waals surface area contributed by atoms with Gasteiger partial charge in [0.2, 0.25) is 5.91 Å². The second-order valence-electron chi connectivity index (χ2n) is 6.08. The Kier molecular flexibility index (Phi) is 5.59. The Balaban J connectivity index is 1.88. The lowest BCUT2D eigenvalue weighted by atomic mass is 10.1. The van der Waals surface area contributed by atoms with Crippen LogP contribution in [0, 0.1) is 0 Å². The van der Waals surface area contributed by atoms with Crippen molar-refractivity contribution in [2.24, 2.45) is 0 Å². The number of benzene rings is 2. The SMILES string of the molecule is CC(=O)NCCN(Cc1ccccc1)C(=O)c1nccc2ccccc12. The number of carbonyl (C=O) groups is 2. The molecule has 3 aromatic rings. The second kappa shape index (κ2) is 8.25. The molecule has 0 fully saturated rings. The third-order valence-corrected chi connectivity index (χ3v) is 4.14. The van der Waals surface area contributed by atoms with Gasteiger partial charge in [-0.3, -0.25) is 14.6 Å². The van der Waals surface area contributed by atoms with Crippen LogP contribution in [0.5, 0.6) is 0 Å². The Morgan fingerprint density at radius 3 is 2.50 bits per heavy atom. The van der Waals surface area contributed by atoms with E-state index in [1.165, 1.54) is 6.92 Å². The minimum absolute atomic E-state index is 0.111.